The Bertz CT molecular complexity index is 384. The summed E-state index contributed by atoms with van der Waals surface area (Å²) in [5.41, 5.74) is 7.46. The van der Waals surface area contributed by atoms with Gasteiger partial charge in [-0.05, 0) is 31.0 Å². The van der Waals surface area contributed by atoms with Gasteiger partial charge in [-0.3, -0.25) is 0 Å². The molecule has 4 N–H and O–H groups in total. The van der Waals surface area contributed by atoms with E-state index < -0.39 is 0 Å². The molecule has 16 heavy (non-hydrogen) atoms. The Kier molecular flexibility index (Phi) is 4.62. The second-order valence-electron chi connectivity index (χ2n) is 3.69. The normalized spacial score (nSPS) is 11.8. The summed E-state index contributed by atoms with van der Waals surface area (Å²) >= 11 is 0. The summed E-state index contributed by atoms with van der Waals surface area (Å²) < 4.78 is 0. The quantitative estimate of drug-likeness (QED) is 0.658. The van der Waals surface area contributed by atoms with Gasteiger partial charge < -0.3 is 16.2 Å². The van der Waals surface area contributed by atoms with Crippen LogP contribution in [0, 0.1) is 11.3 Å². The van der Waals surface area contributed by atoms with Crippen molar-refractivity contribution < 1.29 is 5.11 Å². The Morgan fingerprint density at radius 1 is 1.56 bits per heavy atom. The molecule has 86 valence electrons. The molecule has 1 unspecified atom stereocenters. The van der Waals surface area contributed by atoms with Crippen LogP contribution in [0.2, 0.25) is 0 Å². The number of nitrogens with zero attached hydrogens (tertiary/aromatic N) is 1. The van der Waals surface area contributed by atoms with E-state index in [0.717, 1.165) is 12.1 Å². The molecule has 0 amide bonds. The smallest absolute Gasteiger partial charge is 0.101 e. The molecule has 0 heterocycles. The number of rotatable bonds is 5. The molecule has 1 aromatic carbocycles. The van der Waals surface area contributed by atoms with Crippen LogP contribution < -0.4 is 11.1 Å². The van der Waals surface area contributed by atoms with Crippen molar-refractivity contribution >= 4 is 11.4 Å². The minimum atomic E-state index is -0.285. The molecule has 0 saturated carbocycles. The van der Waals surface area contributed by atoms with Gasteiger partial charge >= 0.3 is 0 Å². The first-order valence-electron chi connectivity index (χ1n) is 5.39. The van der Waals surface area contributed by atoms with Gasteiger partial charge in [0.15, 0.2) is 0 Å². The predicted octanol–water partition coefficient (Wildman–Crippen LogP) is 1.71. The first-order chi connectivity index (χ1) is 7.67. The van der Waals surface area contributed by atoms with Crippen molar-refractivity contribution in [1.82, 2.24) is 0 Å². The Labute approximate surface area is 95.7 Å². The van der Waals surface area contributed by atoms with E-state index in [9.17, 15) is 5.11 Å². The van der Waals surface area contributed by atoms with Crippen LogP contribution >= 0.6 is 0 Å². The van der Waals surface area contributed by atoms with Crippen LogP contribution in [0.15, 0.2) is 18.2 Å². The van der Waals surface area contributed by atoms with Crippen molar-refractivity contribution in [3.8, 4) is 6.07 Å². The summed E-state index contributed by atoms with van der Waals surface area (Å²) in [5, 5.41) is 21.4. The van der Waals surface area contributed by atoms with E-state index in [1.807, 2.05) is 6.92 Å². The lowest BCUT2D eigenvalue weighted by atomic mass is 10.1. The third-order valence-electron chi connectivity index (χ3n) is 2.43. The highest BCUT2D eigenvalue weighted by Gasteiger charge is 2.03. The molecule has 0 aliphatic heterocycles. The van der Waals surface area contributed by atoms with E-state index >= 15 is 0 Å². The summed E-state index contributed by atoms with van der Waals surface area (Å²) in [6.45, 7) is 2.59. The van der Waals surface area contributed by atoms with Crippen molar-refractivity contribution in [2.75, 3.05) is 17.6 Å². The molecule has 0 fully saturated rings. The molecular weight excluding hydrogens is 202 g/mol. The SMILES string of the molecule is CCC(O)CCNc1ccc(N)cc1C#N. The van der Waals surface area contributed by atoms with Crippen molar-refractivity contribution in [3.05, 3.63) is 23.8 Å². The zero-order chi connectivity index (χ0) is 12.0. The van der Waals surface area contributed by atoms with Crippen LogP contribution in [0.25, 0.3) is 0 Å². The molecule has 1 atom stereocenters. The largest absolute Gasteiger partial charge is 0.399 e. The van der Waals surface area contributed by atoms with Crippen molar-refractivity contribution in [2.45, 2.75) is 25.9 Å². The highest BCUT2D eigenvalue weighted by Crippen LogP contribution is 2.17. The van der Waals surface area contributed by atoms with Crippen molar-refractivity contribution in [1.29, 1.82) is 5.26 Å². The predicted molar refractivity (Wildman–Crippen MR) is 65.0 cm³/mol. The molecule has 0 aliphatic rings. The van der Waals surface area contributed by atoms with Crippen LogP contribution in [0.3, 0.4) is 0 Å². The lowest BCUT2D eigenvalue weighted by Crippen LogP contribution is -2.12. The van der Waals surface area contributed by atoms with Gasteiger partial charge in [0.25, 0.3) is 0 Å². The zero-order valence-corrected chi connectivity index (χ0v) is 9.40. The van der Waals surface area contributed by atoms with Gasteiger partial charge in [-0.2, -0.15) is 5.26 Å². The molecule has 1 aromatic rings. The second kappa shape index (κ2) is 5.99. The average Bonchev–Trinajstić information content (AvgIpc) is 2.30. The Morgan fingerprint density at radius 2 is 2.31 bits per heavy atom. The van der Waals surface area contributed by atoms with Crippen LogP contribution in [0.1, 0.15) is 25.3 Å². The first kappa shape index (κ1) is 12.3. The van der Waals surface area contributed by atoms with Gasteiger partial charge in [0, 0.05) is 12.2 Å². The van der Waals surface area contributed by atoms with E-state index in [1.165, 1.54) is 0 Å². The minimum absolute atomic E-state index is 0.285. The average molecular weight is 219 g/mol. The number of nitriles is 1. The fraction of sp³-hybridized carbons (Fsp3) is 0.417. The Balaban J connectivity index is 2.57. The Hall–Kier alpha value is -1.73. The summed E-state index contributed by atoms with van der Waals surface area (Å²) in [7, 11) is 0. The third kappa shape index (κ3) is 3.44. The van der Waals surface area contributed by atoms with Gasteiger partial charge in [0.05, 0.1) is 17.4 Å². The lowest BCUT2D eigenvalue weighted by Gasteiger charge is -2.11. The highest BCUT2D eigenvalue weighted by atomic mass is 16.3. The molecule has 1 rings (SSSR count). The minimum Gasteiger partial charge on any atom is -0.399 e. The highest BCUT2D eigenvalue weighted by molar-refractivity contribution is 5.62. The number of anilines is 2. The Morgan fingerprint density at radius 3 is 2.94 bits per heavy atom. The van der Waals surface area contributed by atoms with Crippen LogP contribution in [-0.4, -0.2) is 17.8 Å². The molecule has 4 nitrogen and oxygen atoms in total. The monoisotopic (exact) mass is 219 g/mol. The first-order valence-corrected chi connectivity index (χ1v) is 5.39. The summed E-state index contributed by atoms with van der Waals surface area (Å²) in [6.07, 6.45) is 1.13. The maximum atomic E-state index is 9.38. The van der Waals surface area contributed by atoms with E-state index in [4.69, 9.17) is 11.0 Å². The number of hydrogen-bond donors (Lipinski definition) is 3. The number of nitrogens with one attached hydrogen (secondary N) is 1. The van der Waals surface area contributed by atoms with E-state index in [2.05, 4.69) is 11.4 Å². The number of benzene rings is 1. The molecular formula is C12H17N3O. The van der Waals surface area contributed by atoms with Gasteiger partial charge in [-0.15, -0.1) is 0 Å². The number of hydrogen-bond acceptors (Lipinski definition) is 4. The standard InChI is InChI=1S/C12H17N3O/c1-2-11(16)5-6-15-12-4-3-10(14)7-9(12)8-13/h3-4,7,11,15-16H,2,5-6,14H2,1H3. The van der Waals surface area contributed by atoms with Gasteiger partial charge in [-0.1, -0.05) is 6.92 Å². The molecule has 0 saturated heterocycles. The van der Waals surface area contributed by atoms with Crippen LogP contribution in [0.4, 0.5) is 11.4 Å². The topological polar surface area (TPSA) is 82.1 Å². The van der Waals surface area contributed by atoms with E-state index in [1.54, 1.807) is 18.2 Å². The third-order valence-corrected chi connectivity index (χ3v) is 2.43. The number of aliphatic hydroxyl groups excluding tert-OH is 1. The molecule has 0 bridgehead atoms. The summed E-state index contributed by atoms with van der Waals surface area (Å²) in [5.74, 6) is 0. The van der Waals surface area contributed by atoms with Crippen molar-refractivity contribution in [3.63, 3.8) is 0 Å². The number of nitrogen functional groups attached to an aromatic ring is 1. The fourth-order valence-electron chi connectivity index (χ4n) is 1.39. The van der Waals surface area contributed by atoms with E-state index in [0.29, 0.717) is 24.2 Å². The molecule has 4 heteroatoms. The van der Waals surface area contributed by atoms with Crippen LogP contribution in [-0.2, 0) is 0 Å². The fourth-order valence-corrected chi connectivity index (χ4v) is 1.39. The lowest BCUT2D eigenvalue weighted by molar-refractivity contribution is 0.164. The number of nitrogens with two attached hydrogens (primary N) is 1. The van der Waals surface area contributed by atoms with Crippen LogP contribution in [0.5, 0.6) is 0 Å². The van der Waals surface area contributed by atoms with Crippen molar-refractivity contribution in [2.24, 2.45) is 0 Å². The molecule has 0 spiro atoms. The number of aliphatic hydroxyl groups is 1. The maximum Gasteiger partial charge on any atom is 0.101 e. The van der Waals surface area contributed by atoms with Gasteiger partial charge in [0.1, 0.15) is 6.07 Å². The second-order valence-corrected chi connectivity index (χ2v) is 3.69. The zero-order valence-electron chi connectivity index (χ0n) is 9.40. The molecule has 0 radical (unpaired) electrons. The summed E-state index contributed by atoms with van der Waals surface area (Å²) in [6, 6.07) is 7.25. The molecule has 0 aromatic heterocycles. The van der Waals surface area contributed by atoms with Gasteiger partial charge in [0.2, 0.25) is 0 Å². The maximum absolute atomic E-state index is 9.38. The van der Waals surface area contributed by atoms with Gasteiger partial charge in [-0.25, -0.2) is 0 Å². The summed E-state index contributed by atoms with van der Waals surface area (Å²) in [4.78, 5) is 0. The van der Waals surface area contributed by atoms with E-state index in [-0.39, 0.29) is 6.10 Å². The molecule has 0 aliphatic carbocycles.